The summed E-state index contributed by atoms with van der Waals surface area (Å²) in [6.07, 6.45) is 2.62. The minimum atomic E-state index is -3.44. The average Bonchev–Trinajstić information content (AvgIpc) is 3.44. The van der Waals surface area contributed by atoms with Gasteiger partial charge in [-0.15, -0.1) is 0 Å². The lowest BCUT2D eigenvalue weighted by Gasteiger charge is -2.11. The van der Waals surface area contributed by atoms with Gasteiger partial charge in [-0.1, -0.05) is 18.2 Å². The molecular formula is C20H24N2O4S. The van der Waals surface area contributed by atoms with E-state index in [1.54, 1.807) is 31.4 Å². The molecule has 1 saturated carbocycles. The van der Waals surface area contributed by atoms with E-state index in [1.807, 2.05) is 25.1 Å². The highest BCUT2D eigenvalue weighted by Gasteiger charge is 2.27. The van der Waals surface area contributed by atoms with Crippen molar-refractivity contribution in [3.63, 3.8) is 0 Å². The van der Waals surface area contributed by atoms with Crippen molar-refractivity contribution < 1.29 is 17.9 Å². The summed E-state index contributed by atoms with van der Waals surface area (Å²) in [7, 11) is -1.88. The molecule has 27 heavy (non-hydrogen) atoms. The number of sulfonamides is 1. The summed E-state index contributed by atoms with van der Waals surface area (Å²) in [5.41, 5.74) is 2.59. The second-order valence-corrected chi connectivity index (χ2v) is 8.51. The summed E-state index contributed by atoms with van der Waals surface area (Å²) < 4.78 is 32.2. The molecule has 0 unspecified atom stereocenters. The first-order valence-corrected chi connectivity index (χ1v) is 10.4. The highest BCUT2D eigenvalue weighted by atomic mass is 32.2. The molecule has 2 aromatic rings. The fourth-order valence-corrected chi connectivity index (χ4v) is 4.02. The van der Waals surface area contributed by atoms with Crippen molar-refractivity contribution in [1.82, 2.24) is 4.72 Å². The Morgan fingerprint density at radius 1 is 1.15 bits per heavy atom. The molecule has 0 saturated heterocycles. The van der Waals surface area contributed by atoms with Gasteiger partial charge in [-0.3, -0.25) is 4.79 Å². The lowest BCUT2D eigenvalue weighted by molar-refractivity contribution is -0.116. The van der Waals surface area contributed by atoms with Crippen LogP contribution in [0.3, 0.4) is 0 Å². The zero-order chi connectivity index (χ0) is 19.4. The smallest absolute Gasteiger partial charge is 0.240 e. The number of hydrogen-bond acceptors (Lipinski definition) is 4. The Bertz CT molecular complexity index is 919. The second-order valence-electron chi connectivity index (χ2n) is 6.79. The summed E-state index contributed by atoms with van der Waals surface area (Å²) >= 11 is 0. The summed E-state index contributed by atoms with van der Waals surface area (Å²) in [6, 6.07) is 12.4. The van der Waals surface area contributed by atoms with E-state index in [9.17, 15) is 13.2 Å². The highest BCUT2D eigenvalue weighted by Crippen LogP contribution is 2.25. The Morgan fingerprint density at radius 3 is 2.48 bits per heavy atom. The van der Waals surface area contributed by atoms with E-state index >= 15 is 0 Å². The van der Waals surface area contributed by atoms with Gasteiger partial charge in [0, 0.05) is 12.5 Å². The summed E-state index contributed by atoms with van der Waals surface area (Å²) in [6.45, 7) is 1.95. The van der Waals surface area contributed by atoms with Crippen molar-refractivity contribution in [2.45, 2.75) is 43.5 Å². The van der Waals surface area contributed by atoms with E-state index in [0.29, 0.717) is 24.3 Å². The minimum absolute atomic E-state index is 0.0805. The van der Waals surface area contributed by atoms with Crippen LogP contribution >= 0.6 is 0 Å². The largest absolute Gasteiger partial charge is 0.495 e. The van der Waals surface area contributed by atoms with Gasteiger partial charge in [-0.2, -0.15) is 0 Å². The molecule has 0 bridgehead atoms. The molecule has 7 heteroatoms. The van der Waals surface area contributed by atoms with Crippen LogP contribution in [0.1, 0.15) is 30.4 Å². The number of nitrogens with one attached hydrogen (secondary N) is 2. The number of ether oxygens (including phenoxy) is 1. The van der Waals surface area contributed by atoms with E-state index in [2.05, 4.69) is 10.0 Å². The number of methoxy groups -OCH3 is 1. The molecule has 0 atom stereocenters. The number of hydrogen-bond donors (Lipinski definition) is 2. The van der Waals surface area contributed by atoms with E-state index in [1.165, 1.54) is 0 Å². The number of benzene rings is 2. The van der Waals surface area contributed by atoms with Crippen molar-refractivity contribution in [1.29, 1.82) is 0 Å². The van der Waals surface area contributed by atoms with Gasteiger partial charge < -0.3 is 10.1 Å². The van der Waals surface area contributed by atoms with Crippen molar-refractivity contribution in [2.75, 3.05) is 12.4 Å². The van der Waals surface area contributed by atoms with Gasteiger partial charge in [0.25, 0.3) is 0 Å². The molecule has 0 aliphatic heterocycles. The SMILES string of the molecule is COc1ccc(C)cc1NC(=O)CCc1ccc(S(=O)(=O)NC2CC2)cc1. The van der Waals surface area contributed by atoms with Crippen molar-refractivity contribution in [3.8, 4) is 5.75 Å². The Balaban J connectivity index is 1.57. The average molecular weight is 388 g/mol. The molecule has 0 aromatic heterocycles. The van der Waals surface area contributed by atoms with E-state index in [4.69, 9.17) is 4.74 Å². The first-order chi connectivity index (χ1) is 12.9. The monoisotopic (exact) mass is 388 g/mol. The lowest BCUT2D eigenvalue weighted by Crippen LogP contribution is -2.25. The van der Waals surface area contributed by atoms with Gasteiger partial charge in [-0.05, 0) is 61.6 Å². The van der Waals surface area contributed by atoms with Crippen LogP contribution in [0.2, 0.25) is 0 Å². The number of carbonyl (C=O) groups is 1. The summed E-state index contributed by atoms with van der Waals surface area (Å²) in [4.78, 5) is 12.5. The maximum Gasteiger partial charge on any atom is 0.240 e. The molecule has 0 heterocycles. The Kier molecular flexibility index (Phi) is 5.82. The van der Waals surface area contributed by atoms with E-state index in [-0.39, 0.29) is 16.8 Å². The topological polar surface area (TPSA) is 84.5 Å². The third-order valence-electron chi connectivity index (χ3n) is 4.40. The molecule has 0 spiro atoms. The fourth-order valence-electron chi connectivity index (χ4n) is 2.71. The van der Waals surface area contributed by atoms with Crippen LogP contribution in [0.15, 0.2) is 47.4 Å². The Morgan fingerprint density at radius 2 is 1.85 bits per heavy atom. The molecule has 6 nitrogen and oxygen atoms in total. The van der Waals surface area contributed by atoms with Gasteiger partial charge in [0.1, 0.15) is 5.75 Å². The molecule has 2 aromatic carbocycles. The second kappa shape index (κ2) is 8.10. The predicted molar refractivity (Wildman–Crippen MR) is 104 cm³/mol. The van der Waals surface area contributed by atoms with Crippen LogP contribution in [-0.4, -0.2) is 27.5 Å². The normalized spacial score (nSPS) is 14.0. The lowest BCUT2D eigenvalue weighted by atomic mass is 10.1. The molecule has 144 valence electrons. The van der Waals surface area contributed by atoms with Crippen LogP contribution in [0.4, 0.5) is 5.69 Å². The standard InChI is InChI=1S/C20H24N2O4S/c1-14-3-11-19(26-2)18(13-14)21-20(23)12-6-15-4-9-17(10-5-15)27(24,25)22-16-7-8-16/h3-5,9-11,13,16,22H,6-8,12H2,1-2H3,(H,21,23). The molecule has 1 fully saturated rings. The third kappa shape index (κ3) is 5.30. The molecular weight excluding hydrogens is 364 g/mol. The first-order valence-electron chi connectivity index (χ1n) is 8.93. The molecule has 0 radical (unpaired) electrons. The number of aryl methyl sites for hydroxylation is 2. The van der Waals surface area contributed by atoms with E-state index < -0.39 is 10.0 Å². The van der Waals surface area contributed by atoms with E-state index in [0.717, 1.165) is 24.0 Å². The Labute approximate surface area is 160 Å². The molecule has 2 N–H and O–H groups in total. The van der Waals surface area contributed by atoms with Crippen LogP contribution in [0.5, 0.6) is 5.75 Å². The molecule has 3 rings (SSSR count). The van der Waals surface area contributed by atoms with Crippen LogP contribution in [0.25, 0.3) is 0 Å². The molecule has 1 amide bonds. The van der Waals surface area contributed by atoms with Gasteiger partial charge in [-0.25, -0.2) is 13.1 Å². The highest BCUT2D eigenvalue weighted by molar-refractivity contribution is 7.89. The van der Waals surface area contributed by atoms with Crippen molar-refractivity contribution in [3.05, 3.63) is 53.6 Å². The maximum absolute atomic E-state index is 12.2. The van der Waals surface area contributed by atoms with Crippen LogP contribution in [-0.2, 0) is 21.2 Å². The number of carbonyl (C=O) groups excluding carboxylic acids is 1. The fraction of sp³-hybridized carbons (Fsp3) is 0.350. The number of anilines is 1. The Hall–Kier alpha value is -2.38. The van der Waals surface area contributed by atoms with Gasteiger partial charge in [0.15, 0.2) is 0 Å². The van der Waals surface area contributed by atoms with Crippen LogP contribution in [0, 0.1) is 6.92 Å². The number of rotatable bonds is 8. The van der Waals surface area contributed by atoms with Crippen molar-refractivity contribution in [2.24, 2.45) is 0 Å². The summed E-state index contributed by atoms with van der Waals surface area (Å²) in [5.74, 6) is 0.498. The third-order valence-corrected chi connectivity index (χ3v) is 5.94. The molecule has 1 aliphatic carbocycles. The first kappa shape index (κ1) is 19.4. The number of amides is 1. The zero-order valence-corrected chi connectivity index (χ0v) is 16.3. The van der Waals surface area contributed by atoms with Gasteiger partial charge >= 0.3 is 0 Å². The predicted octanol–water partition coefficient (Wildman–Crippen LogP) is 3.02. The van der Waals surface area contributed by atoms with Crippen molar-refractivity contribution >= 4 is 21.6 Å². The van der Waals surface area contributed by atoms with Crippen LogP contribution < -0.4 is 14.8 Å². The van der Waals surface area contributed by atoms with Gasteiger partial charge in [0.05, 0.1) is 17.7 Å². The zero-order valence-electron chi connectivity index (χ0n) is 15.5. The quantitative estimate of drug-likeness (QED) is 0.728. The molecule has 1 aliphatic rings. The maximum atomic E-state index is 12.2. The minimum Gasteiger partial charge on any atom is -0.495 e. The summed E-state index contributed by atoms with van der Waals surface area (Å²) in [5, 5.41) is 2.87. The van der Waals surface area contributed by atoms with Gasteiger partial charge in [0.2, 0.25) is 15.9 Å².